The van der Waals surface area contributed by atoms with Crippen molar-refractivity contribution in [1.29, 1.82) is 0 Å². The van der Waals surface area contributed by atoms with Crippen LogP contribution < -0.4 is 5.32 Å². The van der Waals surface area contributed by atoms with Gasteiger partial charge in [0, 0.05) is 35.8 Å². The Morgan fingerprint density at radius 3 is 2.32 bits per heavy atom. The van der Waals surface area contributed by atoms with Crippen LogP contribution in [0.25, 0.3) is 0 Å². The van der Waals surface area contributed by atoms with E-state index in [1.54, 1.807) is 0 Å². The zero-order valence-corrected chi connectivity index (χ0v) is 13.6. The van der Waals surface area contributed by atoms with Crippen molar-refractivity contribution in [3.05, 3.63) is 0 Å². The summed E-state index contributed by atoms with van der Waals surface area (Å²) in [5.74, 6) is 1.59. The molecule has 110 valence electrons. The van der Waals surface area contributed by atoms with Gasteiger partial charge in [0.1, 0.15) is 0 Å². The summed E-state index contributed by atoms with van der Waals surface area (Å²) < 4.78 is 0. The van der Waals surface area contributed by atoms with Crippen molar-refractivity contribution < 1.29 is 4.79 Å². The molecule has 1 N–H and O–H groups in total. The highest BCUT2D eigenvalue weighted by atomic mass is 32.2. The summed E-state index contributed by atoms with van der Waals surface area (Å²) >= 11 is 2.08. The number of hydrogen-bond donors (Lipinski definition) is 1. The molecule has 2 aliphatic heterocycles. The van der Waals surface area contributed by atoms with E-state index in [2.05, 4.69) is 24.0 Å². The largest absolute Gasteiger partial charge is 0.342 e. The van der Waals surface area contributed by atoms with Gasteiger partial charge >= 0.3 is 0 Å². The molecule has 2 atom stereocenters. The molecule has 2 unspecified atom stereocenters. The molecular formula is C15H28N2OS. The van der Waals surface area contributed by atoms with E-state index in [0.717, 1.165) is 31.2 Å². The smallest absolute Gasteiger partial charge is 0.227 e. The van der Waals surface area contributed by atoms with Gasteiger partial charge in [-0.15, -0.1) is 0 Å². The molecule has 0 bridgehead atoms. The summed E-state index contributed by atoms with van der Waals surface area (Å²) in [5, 5.41) is 4.55. The Morgan fingerprint density at radius 1 is 1.21 bits per heavy atom. The van der Waals surface area contributed by atoms with Crippen molar-refractivity contribution in [2.75, 3.05) is 18.8 Å². The van der Waals surface area contributed by atoms with Crippen molar-refractivity contribution in [2.24, 2.45) is 5.41 Å². The first-order valence-electron chi connectivity index (χ1n) is 7.55. The third-order valence-corrected chi connectivity index (χ3v) is 5.58. The van der Waals surface area contributed by atoms with Crippen LogP contribution in [0.3, 0.4) is 0 Å². The van der Waals surface area contributed by atoms with Gasteiger partial charge in [0.05, 0.1) is 0 Å². The van der Waals surface area contributed by atoms with Gasteiger partial charge in [-0.1, -0.05) is 27.7 Å². The van der Waals surface area contributed by atoms with Gasteiger partial charge < -0.3 is 10.2 Å². The molecule has 2 aliphatic rings. The lowest BCUT2D eigenvalue weighted by atomic mass is 9.92. The SMILES string of the molecule is CC1SCCC1NC1CCN(C(=O)C(C)(C)C)CC1. The topological polar surface area (TPSA) is 32.3 Å². The summed E-state index contributed by atoms with van der Waals surface area (Å²) in [7, 11) is 0. The average Bonchev–Trinajstić information content (AvgIpc) is 2.74. The van der Waals surface area contributed by atoms with Gasteiger partial charge in [-0.25, -0.2) is 0 Å². The van der Waals surface area contributed by atoms with E-state index >= 15 is 0 Å². The minimum Gasteiger partial charge on any atom is -0.342 e. The maximum atomic E-state index is 12.2. The number of likely N-dealkylation sites (tertiary alicyclic amines) is 1. The Bertz CT molecular complexity index is 319. The molecule has 2 fully saturated rings. The quantitative estimate of drug-likeness (QED) is 0.845. The molecular weight excluding hydrogens is 256 g/mol. The van der Waals surface area contributed by atoms with Crippen molar-refractivity contribution in [2.45, 2.75) is 64.3 Å². The number of hydrogen-bond acceptors (Lipinski definition) is 3. The van der Waals surface area contributed by atoms with Crippen molar-refractivity contribution in [3.63, 3.8) is 0 Å². The number of nitrogens with zero attached hydrogens (tertiary/aromatic N) is 1. The Hall–Kier alpha value is -0.220. The van der Waals surface area contributed by atoms with Crippen LogP contribution in [0.1, 0.15) is 47.0 Å². The van der Waals surface area contributed by atoms with Gasteiger partial charge in [0.25, 0.3) is 0 Å². The summed E-state index contributed by atoms with van der Waals surface area (Å²) in [6.45, 7) is 10.2. The number of rotatable bonds is 2. The number of piperidine rings is 1. The molecule has 0 saturated carbocycles. The standard InChI is InChI=1S/C15H28N2OS/c1-11-13(7-10-19-11)16-12-5-8-17(9-6-12)14(18)15(2,3)4/h11-13,16H,5-10H2,1-4H3. The van der Waals surface area contributed by atoms with Crippen LogP contribution in [0.5, 0.6) is 0 Å². The molecule has 0 aromatic carbocycles. The van der Waals surface area contributed by atoms with Crippen LogP contribution in [-0.4, -0.2) is 47.0 Å². The average molecular weight is 284 g/mol. The van der Waals surface area contributed by atoms with E-state index < -0.39 is 0 Å². The minimum atomic E-state index is -0.239. The molecule has 0 radical (unpaired) electrons. The van der Waals surface area contributed by atoms with Crippen molar-refractivity contribution >= 4 is 17.7 Å². The lowest BCUT2D eigenvalue weighted by Gasteiger charge is -2.37. The normalized spacial score (nSPS) is 29.8. The monoisotopic (exact) mass is 284 g/mol. The number of carbonyl (C=O) groups is 1. The lowest BCUT2D eigenvalue weighted by molar-refractivity contribution is -0.140. The van der Waals surface area contributed by atoms with Gasteiger partial charge in [-0.3, -0.25) is 4.79 Å². The highest BCUT2D eigenvalue weighted by molar-refractivity contribution is 8.00. The van der Waals surface area contributed by atoms with E-state index in [0.29, 0.717) is 18.0 Å². The Kier molecular flexibility index (Phi) is 4.83. The van der Waals surface area contributed by atoms with Gasteiger partial charge in [0.15, 0.2) is 0 Å². The summed E-state index contributed by atoms with van der Waals surface area (Å²) in [6.07, 6.45) is 3.51. The van der Waals surface area contributed by atoms with E-state index in [1.807, 2.05) is 25.7 Å². The van der Waals surface area contributed by atoms with Crippen molar-refractivity contribution in [1.82, 2.24) is 10.2 Å². The van der Waals surface area contributed by atoms with Crippen molar-refractivity contribution in [3.8, 4) is 0 Å². The molecule has 4 heteroatoms. The number of amides is 1. The fourth-order valence-electron chi connectivity index (χ4n) is 2.98. The number of nitrogens with one attached hydrogen (secondary N) is 1. The third kappa shape index (κ3) is 3.88. The van der Waals surface area contributed by atoms with E-state index in [1.165, 1.54) is 12.2 Å². The molecule has 19 heavy (non-hydrogen) atoms. The van der Waals surface area contributed by atoms with E-state index in [9.17, 15) is 4.79 Å². The second-order valence-electron chi connectivity index (χ2n) is 6.95. The molecule has 2 saturated heterocycles. The second-order valence-corrected chi connectivity index (χ2v) is 8.44. The molecule has 0 aliphatic carbocycles. The zero-order valence-electron chi connectivity index (χ0n) is 12.7. The maximum absolute atomic E-state index is 12.2. The van der Waals surface area contributed by atoms with Crippen LogP contribution in [-0.2, 0) is 4.79 Å². The molecule has 2 heterocycles. The lowest BCUT2D eigenvalue weighted by Crippen LogP contribution is -2.50. The first kappa shape index (κ1) is 15.2. The van der Waals surface area contributed by atoms with Crippen LogP contribution >= 0.6 is 11.8 Å². The second kappa shape index (κ2) is 6.04. The zero-order chi connectivity index (χ0) is 14.0. The molecule has 0 spiro atoms. The van der Waals surface area contributed by atoms with Crippen LogP contribution in [0.4, 0.5) is 0 Å². The molecule has 2 rings (SSSR count). The molecule has 1 amide bonds. The van der Waals surface area contributed by atoms with Crippen LogP contribution in [0, 0.1) is 5.41 Å². The maximum Gasteiger partial charge on any atom is 0.227 e. The highest BCUT2D eigenvalue weighted by Crippen LogP contribution is 2.28. The van der Waals surface area contributed by atoms with Gasteiger partial charge in [0.2, 0.25) is 5.91 Å². The van der Waals surface area contributed by atoms with Crippen LogP contribution in [0.15, 0.2) is 0 Å². The summed E-state index contributed by atoms with van der Waals surface area (Å²) in [6, 6.07) is 1.29. The number of thioether (sulfide) groups is 1. The van der Waals surface area contributed by atoms with E-state index in [-0.39, 0.29) is 5.41 Å². The first-order valence-corrected chi connectivity index (χ1v) is 8.60. The van der Waals surface area contributed by atoms with Gasteiger partial charge in [-0.2, -0.15) is 11.8 Å². The van der Waals surface area contributed by atoms with E-state index in [4.69, 9.17) is 0 Å². The molecule has 0 aromatic heterocycles. The van der Waals surface area contributed by atoms with Crippen LogP contribution in [0.2, 0.25) is 0 Å². The Morgan fingerprint density at radius 2 is 1.84 bits per heavy atom. The third-order valence-electron chi connectivity index (χ3n) is 4.25. The minimum absolute atomic E-state index is 0.239. The Labute approximate surface area is 121 Å². The number of carbonyl (C=O) groups excluding carboxylic acids is 1. The molecule has 3 nitrogen and oxygen atoms in total. The predicted octanol–water partition coefficient (Wildman–Crippen LogP) is 2.51. The summed E-state index contributed by atoms with van der Waals surface area (Å²) in [5.41, 5.74) is -0.239. The summed E-state index contributed by atoms with van der Waals surface area (Å²) in [4.78, 5) is 14.3. The first-order chi connectivity index (χ1) is 8.88. The highest BCUT2D eigenvalue weighted by Gasteiger charge is 2.32. The predicted molar refractivity (Wildman–Crippen MR) is 82.5 cm³/mol. The Balaban J connectivity index is 1.78. The van der Waals surface area contributed by atoms with Gasteiger partial charge in [-0.05, 0) is 25.0 Å². The fourth-order valence-corrected chi connectivity index (χ4v) is 4.19. The fraction of sp³-hybridized carbons (Fsp3) is 0.933. The molecule has 0 aromatic rings.